The molecule has 2 saturated carbocycles. The summed E-state index contributed by atoms with van der Waals surface area (Å²) in [5, 5.41) is 17.3. The van der Waals surface area contributed by atoms with E-state index in [4.69, 9.17) is 0 Å². The van der Waals surface area contributed by atoms with Gasteiger partial charge >= 0.3 is 0 Å². The molecule has 0 spiro atoms. The SMILES string of the molecule is OC1CCC(NC2CCCCC2C2CCCN2)CC1. The van der Waals surface area contributed by atoms with Gasteiger partial charge < -0.3 is 15.7 Å². The highest BCUT2D eigenvalue weighted by molar-refractivity contribution is 4.93. The van der Waals surface area contributed by atoms with Crippen LogP contribution in [0.1, 0.15) is 64.2 Å². The summed E-state index contributed by atoms with van der Waals surface area (Å²) in [7, 11) is 0. The van der Waals surface area contributed by atoms with Gasteiger partial charge in [-0.15, -0.1) is 0 Å². The number of aliphatic hydroxyl groups excluding tert-OH is 1. The predicted molar refractivity (Wildman–Crippen MR) is 78.2 cm³/mol. The van der Waals surface area contributed by atoms with Crippen LogP contribution in [0.15, 0.2) is 0 Å². The molecule has 2 aliphatic carbocycles. The minimum atomic E-state index is -0.0308. The average molecular weight is 266 g/mol. The lowest BCUT2D eigenvalue weighted by Gasteiger charge is -2.39. The molecule has 3 atom stereocenters. The van der Waals surface area contributed by atoms with E-state index in [-0.39, 0.29) is 6.10 Å². The second kappa shape index (κ2) is 6.55. The van der Waals surface area contributed by atoms with Crippen molar-refractivity contribution in [3.8, 4) is 0 Å². The molecule has 3 nitrogen and oxygen atoms in total. The van der Waals surface area contributed by atoms with Crippen molar-refractivity contribution in [2.75, 3.05) is 6.54 Å². The Bertz CT molecular complexity index is 270. The van der Waals surface area contributed by atoms with Crippen LogP contribution in [-0.4, -0.2) is 35.9 Å². The molecule has 3 rings (SSSR count). The van der Waals surface area contributed by atoms with Crippen LogP contribution in [0.2, 0.25) is 0 Å². The summed E-state index contributed by atoms with van der Waals surface area (Å²) in [6, 6.07) is 2.16. The Morgan fingerprint density at radius 1 is 0.842 bits per heavy atom. The van der Waals surface area contributed by atoms with Gasteiger partial charge in [-0.25, -0.2) is 0 Å². The van der Waals surface area contributed by atoms with Gasteiger partial charge in [-0.1, -0.05) is 12.8 Å². The maximum Gasteiger partial charge on any atom is 0.0541 e. The van der Waals surface area contributed by atoms with E-state index in [1.807, 2.05) is 0 Å². The molecule has 3 N–H and O–H groups in total. The van der Waals surface area contributed by atoms with E-state index in [1.165, 1.54) is 57.9 Å². The summed E-state index contributed by atoms with van der Waals surface area (Å²) >= 11 is 0. The van der Waals surface area contributed by atoms with Crippen molar-refractivity contribution >= 4 is 0 Å². The van der Waals surface area contributed by atoms with Gasteiger partial charge in [-0.3, -0.25) is 0 Å². The van der Waals surface area contributed by atoms with Crippen LogP contribution in [0.3, 0.4) is 0 Å². The molecular weight excluding hydrogens is 236 g/mol. The first-order valence-electron chi connectivity index (χ1n) is 8.50. The van der Waals surface area contributed by atoms with Crippen LogP contribution >= 0.6 is 0 Å². The average Bonchev–Trinajstić information content (AvgIpc) is 2.96. The topological polar surface area (TPSA) is 44.3 Å². The Morgan fingerprint density at radius 2 is 1.63 bits per heavy atom. The Labute approximate surface area is 117 Å². The van der Waals surface area contributed by atoms with E-state index in [0.29, 0.717) is 6.04 Å². The van der Waals surface area contributed by atoms with Crippen molar-refractivity contribution in [2.24, 2.45) is 5.92 Å². The number of aliphatic hydroxyl groups is 1. The maximum atomic E-state index is 9.62. The van der Waals surface area contributed by atoms with Gasteiger partial charge in [-0.2, -0.15) is 0 Å². The quantitative estimate of drug-likeness (QED) is 0.734. The van der Waals surface area contributed by atoms with Crippen molar-refractivity contribution in [3.05, 3.63) is 0 Å². The summed E-state index contributed by atoms with van der Waals surface area (Å²) in [4.78, 5) is 0. The fraction of sp³-hybridized carbons (Fsp3) is 1.00. The molecular formula is C16H30N2O. The first-order chi connectivity index (χ1) is 9.33. The molecule has 0 aromatic carbocycles. The predicted octanol–water partition coefficient (Wildman–Crippen LogP) is 2.19. The molecule has 0 aromatic rings. The molecule has 19 heavy (non-hydrogen) atoms. The summed E-state index contributed by atoms with van der Waals surface area (Å²) in [6.07, 6.45) is 12.6. The highest BCUT2D eigenvalue weighted by Crippen LogP contribution is 2.32. The van der Waals surface area contributed by atoms with Crippen LogP contribution in [0.4, 0.5) is 0 Å². The number of hydrogen-bond acceptors (Lipinski definition) is 3. The Balaban J connectivity index is 1.54. The van der Waals surface area contributed by atoms with Crippen LogP contribution in [0.5, 0.6) is 0 Å². The van der Waals surface area contributed by atoms with Crippen LogP contribution in [0, 0.1) is 5.92 Å². The molecule has 0 bridgehead atoms. The largest absolute Gasteiger partial charge is 0.393 e. The van der Waals surface area contributed by atoms with E-state index in [2.05, 4.69) is 10.6 Å². The van der Waals surface area contributed by atoms with E-state index in [0.717, 1.165) is 30.8 Å². The first kappa shape index (κ1) is 13.8. The zero-order valence-corrected chi connectivity index (χ0v) is 12.1. The smallest absolute Gasteiger partial charge is 0.0541 e. The Morgan fingerprint density at radius 3 is 2.37 bits per heavy atom. The normalized spacial score (nSPS) is 44.4. The Kier molecular flexibility index (Phi) is 4.78. The molecule has 1 saturated heterocycles. The Hall–Kier alpha value is -0.120. The summed E-state index contributed by atoms with van der Waals surface area (Å²) in [5.41, 5.74) is 0. The van der Waals surface area contributed by atoms with Gasteiger partial charge in [0.15, 0.2) is 0 Å². The molecule has 3 aliphatic rings. The van der Waals surface area contributed by atoms with E-state index >= 15 is 0 Å². The van der Waals surface area contributed by atoms with Crippen LogP contribution in [0.25, 0.3) is 0 Å². The first-order valence-corrected chi connectivity index (χ1v) is 8.50. The maximum absolute atomic E-state index is 9.62. The molecule has 3 fully saturated rings. The van der Waals surface area contributed by atoms with Crippen molar-refractivity contribution in [1.82, 2.24) is 10.6 Å². The van der Waals surface area contributed by atoms with E-state index < -0.39 is 0 Å². The van der Waals surface area contributed by atoms with Crippen LogP contribution < -0.4 is 10.6 Å². The third-order valence-corrected chi connectivity index (χ3v) is 5.58. The molecule has 1 aliphatic heterocycles. The number of nitrogens with one attached hydrogen (secondary N) is 2. The molecule has 3 unspecified atom stereocenters. The zero-order chi connectivity index (χ0) is 13.1. The van der Waals surface area contributed by atoms with Gasteiger partial charge in [0.2, 0.25) is 0 Å². The number of hydrogen-bond donors (Lipinski definition) is 3. The van der Waals surface area contributed by atoms with Crippen molar-refractivity contribution in [3.63, 3.8) is 0 Å². The van der Waals surface area contributed by atoms with Crippen molar-refractivity contribution in [1.29, 1.82) is 0 Å². The molecule has 0 aromatic heterocycles. The fourth-order valence-electron chi connectivity index (χ4n) is 4.47. The lowest BCUT2D eigenvalue weighted by Crippen LogP contribution is -2.51. The molecule has 3 heteroatoms. The fourth-order valence-corrected chi connectivity index (χ4v) is 4.47. The van der Waals surface area contributed by atoms with Crippen molar-refractivity contribution < 1.29 is 5.11 Å². The summed E-state index contributed by atoms with van der Waals surface area (Å²) in [6.45, 7) is 1.23. The van der Waals surface area contributed by atoms with Crippen molar-refractivity contribution in [2.45, 2.75) is 88.4 Å². The third-order valence-electron chi connectivity index (χ3n) is 5.58. The van der Waals surface area contributed by atoms with Crippen LogP contribution in [-0.2, 0) is 0 Å². The van der Waals surface area contributed by atoms with E-state index in [9.17, 15) is 5.11 Å². The minimum absolute atomic E-state index is 0.0308. The van der Waals surface area contributed by atoms with Gasteiger partial charge in [0.25, 0.3) is 0 Å². The third kappa shape index (κ3) is 3.50. The lowest BCUT2D eigenvalue weighted by atomic mass is 9.78. The highest BCUT2D eigenvalue weighted by Gasteiger charge is 2.34. The lowest BCUT2D eigenvalue weighted by molar-refractivity contribution is 0.105. The molecule has 0 radical (unpaired) electrons. The monoisotopic (exact) mass is 266 g/mol. The van der Waals surface area contributed by atoms with E-state index in [1.54, 1.807) is 0 Å². The summed E-state index contributed by atoms with van der Waals surface area (Å²) < 4.78 is 0. The second-order valence-corrected chi connectivity index (χ2v) is 6.93. The molecule has 0 amide bonds. The minimum Gasteiger partial charge on any atom is -0.393 e. The number of rotatable bonds is 3. The molecule has 1 heterocycles. The second-order valence-electron chi connectivity index (χ2n) is 6.93. The van der Waals surface area contributed by atoms with Gasteiger partial charge in [-0.05, 0) is 63.8 Å². The van der Waals surface area contributed by atoms with Gasteiger partial charge in [0.05, 0.1) is 6.10 Å². The van der Waals surface area contributed by atoms with Gasteiger partial charge in [0, 0.05) is 18.1 Å². The van der Waals surface area contributed by atoms with Gasteiger partial charge in [0.1, 0.15) is 0 Å². The highest BCUT2D eigenvalue weighted by atomic mass is 16.3. The standard InChI is InChI=1S/C16H30N2O/c19-13-9-7-12(8-10-13)18-16-5-2-1-4-14(16)15-6-3-11-17-15/h12-19H,1-11H2. The molecule has 110 valence electrons. The summed E-state index contributed by atoms with van der Waals surface area (Å²) in [5.74, 6) is 0.850. The zero-order valence-electron chi connectivity index (χ0n) is 12.1.